The molecule has 21 heavy (non-hydrogen) atoms. The number of rotatable bonds is 2. The second-order valence-electron chi connectivity index (χ2n) is 5.04. The molecule has 0 saturated heterocycles. The molecule has 0 bridgehead atoms. The molecule has 108 valence electrons. The quantitative estimate of drug-likeness (QED) is 0.920. The summed E-state index contributed by atoms with van der Waals surface area (Å²) in [6.07, 6.45) is 0. The largest absolute Gasteiger partial charge is 0.369 e. The van der Waals surface area contributed by atoms with Gasteiger partial charge in [-0.15, -0.1) is 0 Å². The van der Waals surface area contributed by atoms with Gasteiger partial charge in [-0.3, -0.25) is 4.99 Å². The van der Waals surface area contributed by atoms with E-state index in [1.807, 2.05) is 25.1 Å². The van der Waals surface area contributed by atoms with Gasteiger partial charge >= 0.3 is 0 Å². The van der Waals surface area contributed by atoms with Gasteiger partial charge in [-0.05, 0) is 36.2 Å². The van der Waals surface area contributed by atoms with Crippen molar-refractivity contribution in [2.75, 3.05) is 11.4 Å². The molecule has 0 radical (unpaired) electrons. The van der Waals surface area contributed by atoms with Gasteiger partial charge in [-0.1, -0.05) is 35.9 Å². The van der Waals surface area contributed by atoms with Crippen molar-refractivity contribution in [3.8, 4) is 0 Å². The summed E-state index contributed by atoms with van der Waals surface area (Å²) < 4.78 is 14.1. The molecule has 1 unspecified atom stereocenters. The number of halogens is 2. The van der Waals surface area contributed by atoms with Gasteiger partial charge in [0.15, 0.2) is 5.96 Å². The third-order valence-corrected chi connectivity index (χ3v) is 4.08. The third-order valence-electron chi connectivity index (χ3n) is 3.68. The number of nitrogens with two attached hydrogens (primary N) is 1. The van der Waals surface area contributed by atoms with Crippen LogP contribution in [0.25, 0.3) is 0 Å². The Kier molecular flexibility index (Phi) is 3.55. The lowest BCUT2D eigenvalue weighted by atomic mass is 10.0. The van der Waals surface area contributed by atoms with Gasteiger partial charge in [-0.25, -0.2) is 4.39 Å². The van der Waals surface area contributed by atoms with Crippen molar-refractivity contribution in [2.24, 2.45) is 10.7 Å². The van der Waals surface area contributed by atoms with E-state index in [-0.39, 0.29) is 11.9 Å². The molecule has 0 aliphatic carbocycles. The fourth-order valence-electron chi connectivity index (χ4n) is 2.51. The van der Waals surface area contributed by atoms with Gasteiger partial charge < -0.3 is 10.6 Å². The predicted molar refractivity (Wildman–Crippen MR) is 84.3 cm³/mol. The van der Waals surface area contributed by atoms with E-state index in [4.69, 9.17) is 17.3 Å². The number of anilines is 1. The molecule has 2 N–H and O–H groups in total. The number of hydrogen-bond acceptors (Lipinski definition) is 3. The highest BCUT2D eigenvalue weighted by Gasteiger charge is 2.30. The molecule has 2 aromatic carbocycles. The molecule has 2 aromatic rings. The number of nitrogens with zero attached hydrogens (tertiary/aromatic N) is 2. The van der Waals surface area contributed by atoms with Crippen LogP contribution in [0.4, 0.5) is 10.1 Å². The van der Waals surface area contributed by atoms with Crippen LogP contribution in [0.2, 0.25) is 5.02 Å². The Morgan fingerprint density at radius 3 is 2.76 bits per heavy atom. The van der Waals surface area contributed by atoms with E-state index in [0.29, 0.717) is 23.2 Å². The van der Waals surface area contributed by atoms with Crippen LogP contribution in [0.3, 0.4) is 0 Å². The van der Waals surface area contributed by atoms with E-state index in [1.165, 1.54) is 6.07 Å². The summed E-state index contributed by atoms with van der Waals surface area (Å²) >= 11 is 6.19. The maximum Gasteiger partial charge on any atom is 0.196 e. The highest BCUT2D eigenvalue weighted by Crippen LogP contribution is 2.34. The van der Waals surface area contributed by atoms with E-state index >= 15 is 0 Å². The number of benzene rings is 2. The third kappa shape index (κ3) is 2.47. The lowest BCUT2D eigenvalue weighted by molar-refractivity contribution is 0.619. The molecule has 3 rings (SSSR count). The SMILES string of the molecule is Cc1ccc(C2CN=C(N)N2c2ccccc2F)cc1Cl. The van der Waals surface area contributed by atoms with Crippen LogP contribution in [-0.4, -0.2) is 12.5 Å². The number of hydrogen-bond donors (Lipinski definition) is 1. The summed E-state index contributed by atoms with van der Waals surface area (Å²) in [4.78, 5) is 5.97. The van der Waals surface area contributed by atoms with Crippen molar-refractivity contribution in [3.63, 3.8) is 0 Å². The molecule has 1 atom stereocenters. The second kappa shape index (κ2) is 5.37. The monoisotopic (exact) mass is 303 g/mol. The molecule has 0 saturated carbocycles. The van der Waals surface area contributed by atoms with Crippen LogP contribution in [0.5, 0.6) is 0 Å². The summed E-state index contributed by atoms with van der Waals surface area (Å²) in [6, 6.07) is 12.2. The van der Waals surface area contributed by atoms with Crippen molar-refractivity contribution in [3.05, 3.63) is 64.4 Å². The van der Waals surface area contributed by atoms with E-state index < -0.39 is 0 Å². The first-order chi connectivity index (χ1) is 10.1. The maximum atomic E-state index is 14.1. The van der Waals surface area contributed by atoms with Crippen LogP contribution in [0.15, 0.2) is 47.5 Å². The molecule has 1 aliphatic rings. The Morgan fingerprint density at radius 1 is 1.29 bits per heavy atom. The lowest BCUT2D eigenvalue weighted by Crippen LogP contribution is -2.36. The minimum absolute atomic E-state index is 0.139. The molecular weight excluding hydrogens is 289 g/mol. The molecular formula is C16H15ClFN3. The van der Waals surface area contributed by atoms with Crippen LogP contribution in [0, 0.1) is 12.7 Å². The fourth-order valence-corrected chi connectivity index (χ4v) is 2.70. The molecule has 0 fully saturated rings. The van der Waals surface area contributed by atoms with Crippen molar-refractivity contribution in [2.45, 2.75) is 13.0 Å². The van der Waals surface area contributed by atoms with Crippen molar-refractivity contribution >= 4 is 23.2 Å². The van der Waals surface area contributed by atoms with Crippen LogP contribution < -0.4 is 10.6 Å². The zero-order chi connectivity index (χ0) is 15.0. The average Bonchev–Trinajstić information content (AvgIpc) is 2.84. The summed E-state index contributed by atoms with van der Waals surface area (Å²) in [6.45, 7) is 2.43. The Labute approximate surface area is 127 Å². The summed E-state index contributed by atoms with van der Waals surface area (Å²) in [7, 11) is 0. The lowest BCUT2D eigenvalue weighted by Gasteiger charge is -2.27. The number of aryl methyl sites for hydroxylation is 1. The summed E-state index contributed by atoms with van der Waals surface area (Å²) in [5, 5.41) is 0.687. The molecule has 0 spiro atoms. The first-order valence-electron chi connectivity index (χ1n) is 6.67. The van der Waals surface area contributed by atoms with Gasteiger partial charge in [0.25, 0.3) is 0 Å². The molecule has 3 nitrogen and oxygen atoms in total. The van der Waals surface area contributed by atoms with E-state index in [0.717, 1.165) is 11.1 Å². The van der Waals surface area contributed by atoms with Gasteiger partial charge in [-0.2, -0.15) is 0 Å². The van der Waals surface area contributed by atoms with Crippen molar-refractivity contribution < 1.29 is 4.39 Å². The Hall–Kier alpha value is -2.07. The van der Waals surface area contributed by atoms with E-state index in [9.17, 15) is 4.39 Å². The van der Waals surface area contributed by atoms with Gasteiger partial charge in [0.1, 0.15) is 5.82 Å². The second-order valence-corrected chi connectivity index (χ2v) is 5.45. The first kappa shape index (κ1) is 13.9. The van der Waals surface area contributed by atoms with E-state index in [1.54, 1.807) is 23.1 Å². The van der Waals surface area contributed by atoms with Crippen LogP contribution in [-0.2, 0) is 0 Å². The molecule has 5 heteroatoms. The molecule has 0 aromatic heterocycles. The molecule has 1 heterocycles. The van der Waals surface area contributed by atoms with E-state index in [2.05, 4.69) is 4.99 Å². The number of guanidine groups is 1. The Balaban J connectivity index is 2.03. The highest BCUT2D eigenvalue weighted by molar-refractivity contribution is 6.31. The Bertz CT molecular complexity index is 714. The van der Waals surface area contributed by atoms with Crippen LogP contribution >= 0.6 is 11.6 Å². The zero-order valence-corrected chi connectivity index (χ0v) is 12.3. The maximum absolute atomic E-state index is 14.1. The standard InChI is InChI=1S/C16H15ClFN3/c1-10-6-7-11(8-12(10)17)15-9-20-16(19)21(15)14-5-3-2-4-13(14)18/h2-8,15H,9H2,1H3,(H2,19,20). The van der Waals surface area contributed by atoms with Gasteiger partial charge in [0.05, 0.1) is 18.3 Å². The fraction of sp³-hybridized carbons (Fsp3) is 0.188. The zero-order valence-electron chi connectivity index (χ0n) is 11.6. The minimum Gasteiger partial charge on any atom is -0.369 e. The number of aliphatic imine (C=N–C) groups is 1. The highest BCUT2D eigenvalue weighted by atomic mass is 35.5. The average molecular weight is 304 g/mol. The number of para-hydroxylation sites is 1. The molecule has 0 amide bonds. The van der Waals surface area contributed by atoms with Crippen LogP contribution in [0.1, 0.15) is 17.2 Å². The molecule has 1 aliphatic heterocycles. The topological polar surface area (TPSA) is 41.6 Å². The van der Waals surface area contributed by atoms with Crippen molar-refractivity contribution in [1.82, 2.24) is 0 Å². The smallest absolute Gasteiger partial charge is 0.196 e. The minimum atomic E-state index is -0.319. The summed E-state index contributed by atoms with van der Waals surface area (Å²) in [5.74, 6) is 0.00237. The van der Waals surface area contributed by atoms with Gasteiger partial charge in [0.2, 0.25) is 0 Å². The predicted octanol–water partition coefficient (Wildman–Crippen LogP) is 3.66. The normalized spacial score (nSPS) is 18.0. The van der Waals surface area contributed by atoms with Gasteiger partial charge in [0, 0.05) is 5.02 Å². The summed E-state index contributed by atoms with van der Waals surface area (Å²) in [5.41, 5.74) is 8.36. The van der Waals surface area contributed by atoms with Crippen molar-refractivity contribution in [1.29, 1.82) is 0 Å². The Morgan fingerprint density at radius 2 is 2.05 bits per heavy atom. The first-order valence-corrected chi connectivity index (χ1v) is 7.05.